The number of carbonyl (C=O) groups excluding carboxylic acids is 1. The average Bonchev–Trinajstić information content (AvgIpc) is 2.98. The molecule has 102 valence electrons. The molecule has 0 aromatic carbocycles. The van der Waals surface area contributed by atoms with Crippen molar-refractivity contribution in [3.8, 4) is 0 Å². The second-order valence-electron chi connectivity index (χ2n) is 6.20. The standard InChI is InChI=1S/C14H24N2O2/c17-9-11-3-1-2-10(11)8-16-7-6-13(14(16)18)15-12-4-5-12/h10-13,15,17H,1-9H2. The maximum atomic E-state index is 12.3. The van der Waals surface area contributed by atoms with Crippen LogP contribution in [0.5, 0.6) is 0 Å². The largest absolute Gasteiger partial charge is 0.396 e. The summed E-state index contributed by atoms with van der Waals surface area (Å²) >= 11 is 0. The van der Waals surface area contributed by atoms with Crippen LogP contribution < -0.4 is 5.32 Å². The number of likely N-dealkylation sites (tertiary alicyclic amines) is 1. The molecule has 2 N–H and O–H groups in total. The van der Waals surface area contributed by atoms with Crippen molar-refractivity contribution in [2.24, 2.45) is 11.8 Å². The zero-order valence-corrected chi connectivity index (χ0v) is 11.0. The molecule has 0 bridgehead atoms. The summed E-state index contributed by atoms with van der Waals surface area (Å²) in [6, 6.07) is 0.682. The van der Waals surface area contributed by atoms with E-state index in [1.807, 2.05) is 4.90 Å². The number of hydrogen-bond acceptors (Lipinski definition) is 3. The lowest BCUT2D eigenvalue weighted by atomic mass is 9.96. The van der Waals surface area contributed by atoms with Crippen molar-refractivity contribution in [3.63, 3.8) is 0 Å². The van der Waals surface area contributed by atoms with Gasteiger partial charge in [0.05, 0.1) is 6.04 Å². The Hall–Kier alpha value is -0.610. The summed E-state index contributed by atoms with van der Waals surface area (Å²) in [6.07, 6.45) is 6.95. The summed E-state index contributed by atoms with van der Waals surface area (Å²) in [5, 5.41) is 12.8. The van der Waals surface area contributed by atoms with E-state index in [1.54, 1.807) is 0 Å². The second-order valence-corrected chi connectivity index (χ2v) is 6.20. The molecule has 0 aromatic heterocycles. The average molecular weight is 252 g/mol. The molecule has 1 heterocycles. The van der Waals surface area contributed by atoms with Gasteiger partial charge in [-0.15, -0.1) is 0 Å². The topological polar surface area (TPSA) is 52.6 Å². The van der Waals surface area contributed by atoms with Crippen LogP contribution in [-0.2, 0) is 4.79 Å². The number of nitrogens with zero attached hydrogens (tertiary/aromatic N) is 1. The summed E-state index contributed by atoms with van der Waals surface area (Å²) in [5.74, 6) is 1.25. The van der Waals surface area contributed by atoms with Gasteiger partial charge in [0.1, 0.15) is 0 Å². The fourth-order valence-electron chi connectivity index (χ4n) is 3.49. The van der Waals surface area contributed by atoms with E-state index in [0.717, 1.165) is 25.9 Å². The zero-order chi connectivity index (χ0) is 12.5. The molecule has 0 aromatic rings. The molecule has 3 atom stereocenters. The molecule has 1 saturated heterocycles. The highest BCUT2D eigenvalue weighted by Gasteiger charge is 2.38. The van der Waals surface area contributed by atoms with Gasteiger partial charge in [0, 0.05) is 25.7 Å². The summed E-state index contributed by atoms with van der Waals surface area (Å²) < 4.78 is 0. The first-order valence-electron chi connectivity index (χ1n) is 7.43. The Morgan fingerprint density at radius 1 is 1.17 bits per heavy atom. The van der Waals surface area contributed by atoms with Gasteiger partial charge in [0.25, 0.3) is 0 Å². The van der Waals surface area contributed by atoms with E-state index < -0.39 is 0 Å². The lowest BCUT2D eigenvalue weighted by Crippen LogP contribution is -2.41. The molecule has 3 unspecified atom stereocenters. The third kappa shape index (κ3) is 2.54. The van der Waals surface area contributed by atoms with Gasteiger partial charge in [-0.3, -0.25) is 4.79 Å². The van der Waals surface area contributed by atoms with Crippen molar-refractivity contribution < 1.29 is 9.90 Å². The Bertz CT molecular complexity index is 317. The summed E-state index contributed by atoms with van der Waals surface area (Å²) in [5.41, 5.74) is 0. The van der Waals surface area contributed by atoms with E-state index >= 15 is 0 Å². The summed E-state index contributed by atoms with van der Waals surface area (Å²) in [4.78, 5) is 14.3. The van der Waals surface area contributed by atoms with Crippen LogP contribution in [0.25, 0.3) is 0 Å². The number of aliphatic hydroxyl groups is 1. The minimum atomic E-state index is 0.0754. The smallest absolute Gasteiger partial charge is 0.239 e. The molecule has 1 aliphatic heterocycles. The van der Waals surface area contributed by atoms with Crippen molar-refractivity contribution >= 4 is 5.91 Å². The van der Waals surface area contributed by atoms with Gasteiger partial charge >= 0.3 is 0 Å². The molecule has 4 heteroatoms. The molecule has 2 aliphatic carbocycles. The quantitative estimate of drug-likeness (QED) is 0.759. The van der Waals surface area contributed by atoms with Gasteiger partial charge in [0.2, 0.25) is 5.91 Å². The monoisotopic (exact) mass is 252 g/mol. The van der Waals surface area contributed by atoms with Gasteiger partial charge in [-0.2, -0.15) is 0 Å². The highest BCUT2D eigenvalue weighted by atomic mass is 16.3. The van der Waals surface area contributed by atoms with E-state index in [9.17, 15) is 9.90 Å². The zero-order valence-electron chi connectivity index (χ0n) is 11.0. The molecule has 3 rings (SSSR count). The Morgan fingerprint density at radius 2 is 1.94 bits per heavy atom. The number of rotatable bonds is 5. The van der Waals surface area contributed by atoms with E-state index in [-0.39, 0.29) is 12.6 Å². The maximum absolute atomic E-state index is 12.3. The number of amides is 1. The lowest BCUT2D eigenvalue weighted by molar-refractivity contribution is -0.130. The van der Waals surface area contributed by atoms with Gasteiger partial charge in [0.15, 0.2) is 0 Å². The van der Waals surface area contributed by atoms with Crippen molar-refractivity contribution in [1.29, 1.82) is 0 Å². The first-order chi connectivity index (χ1) is 8.78. The van der Waals surface area contributed by atoms with Crippen LogP contribution in [0.2, 0.25) is 0 Å². The van der Waals surface area contributed by atoms with Crippen LogP contribution >= 0.6 is 0 Å². The highest BCUT2D eigenvalue weighted by molar-refractivity contribution is 5.84. The van der Waals surface area contributed by atoms with Crippen LogP contribution in [0.1, 0.15) is 38.5 Å². The molecule has 0 radical (unpaired) electrons. The molecule has 1 amide bonds. The first-order valence-corrected chi connectivity index (χ1v) is 7.43. The van der Waals surface area contributed by atoms with Crippen LogP contribution in [0, 0.1) is 11.8 Å². The second kappa shape index (κ2) is 5.17. The summed E-state index contributed by atoms with van der Waals surface area (Å²) in [7, 11) is 0. The fourth-order valence-corrected chi connectivity index (χ4v) is 3.49. The highest BCUT2D eigenvalue weighted by Crippen LogP contribution is 2.33. The van der Waals surface area contributed by atoms with Gasteiger partial charge in [-0.05, 0) is 43.9 Å². The first kappa shape index (κ1) is 12.4. The lowest BCUT2D eigenvalue weighted by Gasteiger charge is -2.24. The molecule has 18 heavy (non-hydrogen) atoms. The number of carbonyl (C=O) groups is 1. The number of nitrogens with one attached hydrogen (secondary N) is 1. The van der Waals surface area contributed by atoms with Gasteiger partial charge in [-0.1, -0.05) is 6.42 Å². The minimum absolute atomic E-state index is 0.0754. The minimum Gasteiger partial charge on any atom is -0.396 e. The summed E-state index contributed by atoms with van der Waals surface area (Å²) in [6.45, 7) is 2.06. The number of hydrogen-bond donors (Lipinski definition) is 2. The predicted molar refractivity (Wildman–Crippen MR) is 69.1 cm³/mol. The predicted octanol–water partition coefficient (Wildman–Crippen LogP) is 0.748. The Labute approximate surface area is 109 Å². The molecule has 3 fully saturated rings. The molecule has 0 spiro atoms. The molecule has 4 nitrogen and oxygen atoms in total. The van der Waals surface area contributed by atoms with E-state index in [4.69, 9.17) is 0 Å². The molecular formula is C14H24N2O2. The molecular weight excluding hydrogens is 228 g/mol. The Morgan fingerprint density at radius 3 is 2.67 bits per heavy atom. The third-order valence-electron chi connectivity index (χ3n) is 4.82. The van der Waals surface area contributed by atoms with Crippen LogP contribution in [0.4, 0.5) is 0 Å². The van der Waals surface area contributed by atoms with Crippen molar-refractivity contribution in [2.45, 2.75) is 50.6 Å². The Kier molecular flexibility index (Phi) is 3.57. The molecule has 3 aliphatic rings. The van der Waals surface area contributed by atoms with Crippen LogP contribution in [-0.4, -0.2) is 47.7 Å². The number of aliphatic hydroxyl groups excluding tert-OH is 1. The van der Waals surface area contributed by atoms with E-state index in [2.05, 4.69) is 5.32 Å². The van der Waals surface area contributed by atoms with Crippen molar-refractivity contribution in [2.75, 3.05) is 19.7 Å². The fraction of sp³-hybridized carbons (Fsp3) is 0.929. The van der Waals surface area contributed by atoms with Crippen LogP contribution in [0.15, 0.2) is 0 Å². The van der Waals surface area contributed by atoms with E-state index in [0.29, 0.717) is 23.8 Å². The Balaban J connectivity index is 1.52. The maximum Gasteiger partial charge on any atom is 0.239 e. The SMILES string of the molecule is O=C1C(NC2CC2)CCN1CC1CCCC1CO. The molecule has 2 saturated carbocycles. The van der Waals surface area contributed by atoms with Crippen molar-refractivity contribution in [1.82, 2.24) is 10.2 Å². The third-order valence-corrected chi connectivity index (χ3v) is 4.82. The van der Waals surface area contributed by atoms with Crippen molar-refractivity contribution in [3.05, 3.63) is 0 Å². The van der Waals surface area contributed by atoms with Gasteiger partial charge < -0.3 is 15.3 Å². The van der Waals surface area contributed by atoms with Crippen LogP contribution in [0.3, 0.4) is 0 Å². The van der Waals surface area contributed by atoms with E-state index in [1.165, 1.54) is 25.7 Å². The van der Waals surface area contributed by atoms with Gasteiger partial charge in [-0.25, -0.2) is 0 Å². The normalized spacial score (nSPS) is 36.6.